The van der Waals surface area contributed by atoms with E-state index in [9.17, 15) is 14.4 Å². The summed E-state index contributed by atoms with van der Waals surface area (Å²) in [5.41, 5.74) is 0.938. The van der Waals surface area contributed by atoms with E-state index in [0.717, 1.165) is 0 Å². The van der Waals surface area contributed by atoms with Crippen molar-refractivity contribution in [2.24, 2.45) is 0 Å². The summed E-state index contributed by atoms with van der Waals surface area (Å²) in [7, 11) is 0. The summed E-state index contributed by atoms with van der Waals surface area (Å²) in [5, 5.41) is 7.31. The molecule has 1 aromatic carbocycles. The Hall–Kier alpha value is -3.37. The van der Waals surface area contributed by atoms with Gasteiger partial charge in [0.1, 0.15) is 5.82 Å². The number of aromatic nitrogens is 3. The van der Waals surface area contributed by atoms with Crippen molar-refractivity contribution in [1.82, 2.24) is 19.9 Å². The lowest BCUT2D eigenvalue weighted by atomic mass is 10.2. The number of aromatic amines is 1. The molecule has 2 amide bonds. The molecule has 3 aromatic heterocycles. The van der Waals surface area contributed by atoms with E-state index < -0.39 is 0 Å². The topological polar surface area (TPSA) is 108 Å². The largest absolute Gasteiger partial charge is 0.332 e. The number of thiophene rings is 1. The first kappa shape index (κ1) is 21.8. The number of carbonyl (C=O) groups is 2. The second-order valence-electron chi connectivity index (χ2n) is 7.40. The number of hydrogen-bond acceptors (Lipinski definition) is 7. The summed E-state index contributed by atoms with van der Waals surface area (Å²) in [6.45, 7) is 4.00. The monoisotopic (exact) mass is 467 g/mol. The van der Waals surface area contributed by atoms with Gasteiger partial charge in [0, 0.05) is 11.4 Å². The quantitative estimate of drug-likeness (QED) is 0.431. The number of amides is 2. The van der Waals surface area contributed by atoms with Crippen LogP contribution in [0.4, 0.5) is 5.13 Å². The smallest absolute Gasteiger partial charge is 0.267 e. The van der Waals surface area contributed by atoms with E-state index in [2.05, 4.69) is 20.3 Å². The molecule has 0 fully saturated rings. The number of nitrogens with one attached hydrogen (secondary N) is 2. The number of rotatable bonds is 7. The molecule has 10 heteroatoms. The van der Waals surface area contributed by atoms with Crippen molar-refractivity contribution in [3.8, 4) is 0 Å². The Kier molecular flexibility index (Phi) is 6.42. The van der Waals surface area contributed by atoms with Crippen LogP contribution in [0.3, 0.4) is 0 Å². The van der Waals surface area contributed by atoms with E-state index in [1.807, 2.05) is 31.4 Å². The molecular weight excluding hydrogens is 446 g/mol. The molecule has 0 aliphatic heterocycles. The fourth-order valence-electron chi connectivity index (χ4n) is 3.20. The van der Waals surface area contributed by atoms with Crippen molar-refractivity contribution in [2.45, 2.75) is 32.9 Å². The average molecular weight is 468 g/mol. The molecule has 8 nitrogen and oxygen atoms in total. The van der Waals surface area contributed by atoms with Gasteiger partial charge in [-0.15, -0.1) is 22.7 Å². The summed E-state index contributed by atoms with van der Waals surface area (Å²) >= 11 is 2.63. The first-order chi connectivity index (χ1) is 15.4. The zero-order chi connectivity index (χ0) is 22.7. The summed E-state index contributed by atoms with van der Waals surface area (Å²) in [6, 6.07) is 10.5. The van der Waals surface area contributed by atoms with Crippen molar-refractivity contribution >= 4 is 50.5 Å². The molecule has 0 saturated heterocycles. The number of H-pyrrole nitrogens is 1. The maximum atomic E-state index is 13.0. The molecular formula is C22H21N5O3S2. The summed E-state index contributed by atoms with van der Waals surface area (Å²) < 4.78 is 0. The number of benzene rings is 1. The number of para-hydroxylation sites is 1. The Labute approximate surface area is 192 Å². The Morgan fingerprint density at radius 2 is 1.94 bits per heavy atom. The zero-order valence-corrected chi connectivity index (χ0v) is 19.1. The maximum absolute atomic E-state index is 13.0. The zero-order valence-electron chi connectivity index (χ0n) is 17.5. The van der Waals surface area contributed by atoms with Crippen LogP contribution in [0.15, 0.2) is 52.0 Å². The minimum absolute atomic E-state index is 0.0847. The number of fused-ring (bicyclic) bond motifs is 1. The molecule has 4 rings (SSSR count). The predicted molar refractivity (Wildman–Crippen MR) is 126 cm³/mol. The van der Waals surface area contributed by atoms with Gasteiger partial charge in [-0.2, -0.15) is 0 Å². The highest BCUT2D eigenvalue weighted by Crippen LogP contribution is 2.19. The standard InChI is InChI=1S/C22H21N5O3S2/c1-13(2)27(11-18-24-16-7-4-3-6-15(16)20(29)25-18)19(28)10-14-12-32-22(23-14)26-21(30)17-8-5-9-31-17/h3-9,12-13H,10-11H2,1-2H3,(H,23,26,30)(H,24,25,29). The highest BCUT2D eigenvalue weighted by molar-refractivity contribution is 7.14. The third-order valence-electron chi connectivity index (χ3n) is 4.78. The van der Waals surface area contributed by atoms with E-state index >= 15 is 0 Å². The molecule has 4 aromatic rings. The van der Waals surface area contributed by atoms with E-state index in [4.69, 9.17) is 0 Å². The molecule has 164 valence electrons. The molecule has 0 bridgehead atoms. The van der Waals surface area contributed by atoms with Crippen molar-refractivity contribution in [3.05, 3.63) is 73.9 Å². The lowest BCUT2D eigenvalue weighted by molar-refractivity contribution is -0.133. The molecule has 0 radical (unpaired) electrons. The minimum Gasteiger partial charge on any atom is -0.332 e. The highest BCUT2D eigenvalue weighted by Gasteiger charge is 2.21. The van der Waals surface area contributed by atoms with Crippen LogP contribution in [-0.2, 0) is 17.8 Å². The second kappa shape index (κ2) is 9.41. The second-order valence-corrected chi connectivity index (χ2v) is 9.20. The van der Waals surface area contributed by atoms with Gasteiger partial charge < -0.3 is 9.88 Å². The molecule has 0 aliphatic rings. The first-order valence-corrected chi connectivity index (χ1v) is 11.7. The number of thiazole rings is 1. The molecule has 3 heterocycles. The van der Waals surface area contributed by atoms with Crippen LogP contribution < -0.4 is 10.9 Å². The maximum Gasteiger partial charge on any atom is 0.267 e. The molecule has 32 heavy (non-hydrogen) atoms. The van der Waals surface area contributed by atoms with E-state index in [0.29, 0.717) is 32.4 Å². The summed E-state index contributed by atoms with van der Waals surface area (Å²) in [6.07, 6.45) is 0.0847. The van der Waals surface area contributed by atoms with E-state index in [-0.39, 0.29) is 36.4 Å². The SMILES string of the molecule is CC(C)N(Cc1nc2ccccc2c(=O)[nH]1)C(=O)Cc1csc(NC(=O)c2cccs2)n1. The van der Waals surface area contributed by atoms with Gasteiger partial charge in [0.15, 0.2) is 5.13 Å². The van der Waals surface area contributed by atoms with Gasteiger partial charge in [-0.05, 0) is 37.4 Å². The Balaban J connectivity index is 1.46. The van der Waals surface area contributed by atoms with Gasteiger partial charge in [0.2, 0.25) is 5.91 Å². The third kappa shape index (κ3) is 4.92. The number of hydrogen-bond donors (Lipinski definition) is 2. The lowest BCUT2D eigenvalue weighted by Gasteiger charge is -2.26. The number of carbonyl (C=O) groups excluding carboxylic acids is 2. The van der Waals surface area contributed by atoms with Crippen LogP contribution in [0.2, 0.25) is 0 Å². The molecule has 0 atom stereocenters. The van der Waals surface area contributed by atoms with E-state index in [1.54, 1.807) is 34.5 Å². The fourth-order valence-corrected chi connectivity index (χ4v) is 4.52. The van der Waals surface area contributed by atoms with Gasteiger partial charge >= 0.3 is 0 Å². The van der Waals surface area contributed by atoms with Gasteiger partial charge in [-0.3, -0.25) is 19.7 Å². The lowest BCUT2D eigenvalue weighted by Crippen LogP contribution is -2.38. The van der Waals surface area contributed by atoms with E-state index in [1.165, 1.54) is 22.7 Å². The van der Waals surface area contributed by atoms with Gasteiger partial charge in [-0.25, -0.2) is 9.97 Å². The predicted octanol–water partition coefficient (Wildman–Crippen LogP) is 3.67. The Bertz CT molecular complexity index is 1310. The molecule has 2 N–H and O–H groups in total. The summed E-state index contributed by atoms with van der Waals surface area (Å²) in [5.74, 6) is 0.0672. The van der Waals surface area contributed by atoms with Crippen LogP contribution in [0.1, 0.15) is 35.0 Å². The fraction of sp³-hybridized carbons (Fsp3) is 0.227. The van der Waals surface area contributed by atoms with Gasteiger partial charge in [-0.1, -0.05) is 18.2 Å². The Morgan fingerprint density at radius 3 is 2.69 bits per heavy atom. The number of nitrogens with zero attached hydrogens (tertiary/aromatic N) is 3. The van der Waals surface area contributed by atoms with Crippen molar-refractivity contribution in [1.29, 1.82) is 0 Å². The van der Waals surface area contributed by atoms with Crippen LogP contribution in [0.25, 0.3) is 10.9 Å². The van der Waals surface area contributed by atoms with Crippen LogP contribution in [-0.4, -0.2) is 37.7 Å². The molecule has 0 spiro atoms. The van der Waals surface area contributed by atoms with Gasteiger partial charge in [0.05, 0.1) is 34.4 Å². The number of anilines is 1. The molecule has 0 saturated carbocycles. The molecule has 0 unspecified atom stereocenters. The highest BCUT2D eigenvalue weighted by atomic mass is 32.1. The van der Waals surface area contributed by atoms with Crippen molar-refractivity contribution < 1.29 is 9.59 Å². The van der Waals surface area contributed by atoms with Crippen molar-refractivity contribution in [3.63, 3.8) is 0 Å². The summed E-state index contributed by atoms with van der Waals surface area (Å²) in [4.78, 5) is 51.4. The van der Waals surface area contributed by atoms with Crippen LogP contribution in [0, 0.1) is 0 Å². The third-order valence-corrected chi connectivity index (χ3v) is 6.45. The first-order valence-electron chi connectivity index (χ1n) is 9.97. The van der Waals surface area contributed by atoms with Crippen LogP contribution in [0.5, 0.6) is 0 Å². The molecule has 0 aliphatic carbocycles. The van der Waals surface area contributed by atoms with Gasteiger partial charge in [0.25, 0.3) is 11.5 Å². The Morgan fingerprint density at radius 1 is 1.12 bits per heavy atom. The normalized spacial score (nSPS) is 11.1. The average Bonchev–Trinajstić information content (AvgIpc) is 3.44. The van der Waals surface area contributed by atoms with Crippen molar-refractivity contribution in [2.75, 3.05) is 5.32 Å². The minimum atomic E-state index is -0.229. The van der Waals surface area contributed by atoms with Crippen LogP contribution >= 0.6 is 22.7 Å².